The van der Waals surface area contributed by atoms with Crippen LogP contribution in [-0.2, 0) is 10.3 Å². The Bertz CT molecular complexity index is 776. The summed E-state index contributed by atoms with van der Waals surface area (Å²) in [4.78, 5) is 0. The lowest BCUT2D eigenvalue weighted by molar-refractivity contribution is 0.0826. The second-order valence-corrected chi connectivity index (χ2v) is 4.43. The predicted octanol–water partition coefficient (Wildman–Crippen LogP) is 2.53. The maximum Gasteiger partial charge on any atom is 0.270 e. The van der Waals surface area contributed by atoms with Gasteiger partial charge in [-0.1, -0.05) is 0 Å². The van der Waals surface area contributed by atoms with E-state index in [0.29, 0.717) is 5.56 Å². The lowest BCUT2D eigenvalue weighted by atomic mass is 9.92. The molecule has 0 saturated heterocycles. The molecular formula is C17H16N4O3. The van der Waals surface area contributed by atoms with E-state index in [1.54, 1.807) is 13.8 Å². The van der Waals surface area contributed by atoms with E-state index < -0.39 is 5.60 Å². The van der Waals surface area contributed by atoms with Crippen molar-refractivity contribution in [1.82, 2.24) is 0 Å². The molecule has 7 nitrogen and oxygen atoms in total. The summed E-state index contributed by atoms with van der Waals surface area (Å²) in [6.07, 6.45) is 0. The Balaban J connectivity index is 3.83. The Kier molecular flexibility index (Phi) is 6.53. The standard InChI is InChI=1S/C17H16N4O3/c1-4-23-15-7-14(17(10-20,11-21)22-3)16(24-5-2)6-13(15)12(8-18)9-19/h6-7,18H,4-5H2,1-3H3. The van der Waals surface area contributed by atoms with Crippen molar-refractivity contribution < 1.29 is 14.2 Å². The van der Waals surface area contributed by atoms with Crippen LogP contribution >= 0.6 is 0 Å². The number of nitrogens with one attached hydrogen (secondary N) is 1. The minimum absolute atomic E-state index is 0.0529. The van der Waals surface area contributed by atoms with Gasteiger partial charge in [0.2, 0.25) is 0 Å². The predicted molar refractivity (Wildman–Crippen MR) is 85.4 cm³/mol. The molecule has 1 rings (SSSR count). The van der Waals surface area contributed by atoms with Crippen molar-refractivity contribution >= 4 is 11.4 Å². The average Bonchev–Trinajstić information content (AvgIpc) is 2.61. The van der Waals surface area contributed by atoms with Crippen LogP contribution in [0.2, 0.25) is 0 Å². The molecule has 7 heteroatoms. The third-order valence-electron chi connectivity index (χ3n) is 3.19. The van der Waals surface area contributed by atoms with Crippen LogP contribution in [-0.4, -0.2) is 26.2 Å². The third-order valence-corrected chi connectivity index (χ3v) is 3.19. The van der Waals surface area contributed by atoms with E-state index in [1.807, 2.05) is 24.1 Å². The fourth-order valence-electron chi connectivity index (χ4n) is 2.08. The highest BCUT2D eigenvalue weighted by Crippen LogP contribution is 2.39. The Morgan fingerprint density at radius 2 is 1.67 bits per heavy atom. The van der Waals surface area contributed by atoms with Gasteiger partial charge in [-0.3, -0.25) is 5.41 Å². The molecule has 1 aromatic rings. The summed E-state index contributed by atoms with van der Waals surface area (Å²) in [5.41, 5.74) is -1.47. The minimum Gasteiger partial charge on any atom is -0.493 e. The first-order valence-corrected chi connectivity index (χ1v) is 7.09. The van der Waals surface area contributed by atoms with E-state index in [-0.39, 0.29) is 35.8 Å². The first-order valence-electron chi connectivity index (χ1n) is 7.09. The van der Waals surface area contributed by atoms with Crippen LogP contribution in [0.5, 0.6) is 11.5 Å². The number of hydrogen-bond donors (Lipinski definition) is 1. The van der Waals surface area contributed by atoms with Crippen LogP contribution in [0.3, 0.4) is 0 Å². The molecule has 0 saturated carbocycles. The smallest absolute Gasteiger partial charge is 0.270 e. The van der Waals surface area contributed by atoms with Crippen molar-refractivity contribution in [2.45, 2.75) is 19.4 Å². The number of hydrogen-bond acceptors (Lipinski definition) is 7. The Morgan fingerprint density at radius 3 is 2.08 bits per heavy atom. The van der Waals surface area contributed by atoms with Gasteiger partial charge in [-0.05, 0) is 31.9 Å². The second-order valence-electron chi connectivity index (χ2n) is 4.43. The van der Waals surface area contributed by atoms with Gasteiger partial charge in [0.05, 0.1) is 18.8 Å². The molecule has 0 aromatic heterocycles. The Labute approximate surface area is 140 Å². The third kappa shape index (κ3) is 3.37. The highest BCUT2D eigenvalue weighted by molar-refractivity contribution is 5.98. The molecule has 0 amide bonds. The molecule has 0 aliphatic heterocycles. The number of benzene rings is 1. The second kappa shape index (κ2) is 8.36. The molecule has 0 aliphatic rings. The topological polar surface area (TPSA) is 123 Å². The van der Waals surface area contributed by atoms with E-state index >= 15 is 0 Å². The number of ether oxygens (including phenoxy) is 3. The summed E-state index contributed by atoms with van der Waals surface area (Å²) in [6, 6.07) is 8.40. The van der Waals surface area contributed by atoms with E-state index in [0.717, 1.165) is 0 Å². The van der Waals surface area contributed by atoms with Gasteiger partial charge >= 0.3 is 0 Å². The molecule has 0 spiro atoms. The first-order chi connectivity index (χ1) is 11.6. The molecule has 0 unspecified atom stereocenters. The minimum atomic E-state index is -1.88. The summed E-state index contributed by atoms with van der Waals surface area (Å²) >= 11 is 0. The Hall–Kier alpha value is -3.30. The number of nitriles is 3. The van der Waals surface area contributed by atoms with Crippen LogP contribution in [0.15, 0.2) is 12.1 Å². The van der Waals surface area contributed by atoms with Gasteiger partial charge < -0.3 is 14.2 Å². The summed E-state index contributed by atoms with van der Waals surface area (Å²) in [5.74, 6) is 2.48. The summed E-state index contributed by atoms with van der Waals surface area (Å²) < 4.78 is 16.1. The molecule has 0 aliphatic carbocycles. The van der Waals surface area contributed by atoms with Crippen LogP contribution < -0.4 is 9.47 Å². The van der Waals surface area contributed by atoms with Crippen molar-refractivity contribution in [1.29, 1.82) is 21.2 Å². The van der Waals surface area contributed by atoms with Crippen LogP contribution in [0.1, 0.15) is 25.0 Å². The van der Waals surface area contributed by atoms with Gasteiger partial charge in [0.1, 0.15) is 35.3 Å². The monoisotopic (exact) mass is 324 g/mol. The summed E-state index contributed by atoms with van der Waals surface area (Å²) in [7, 11) is 1.24. The van der Waals surface area contributed by atoms with Gasteiger partial charge in [0, 0.05) is 12.7 Å². The number of methoxy groups -OCH3 is 1. The van der Waals surface area contributed by atoms with Crippen LogP contribution in [0.25, 0.3) is 5.57 Å². The molecule has 1 aromatic carbocycles. The van der Waals surface area contributed by atoms with E-state index in [4.69, 9.17) is 24.9 Å². The summed E-state index contributed by atoms with van der Waals surface area (Å²) in [6.45, 7) is 4.05. The molecular weight excluding hydrogens is 308 g/mol. The van der Waals surface area contributed by atoms with E-state index in [2.05, 4.69) is 0 Å². The van der Waals surface area contributed by atoms with Gasteiger partial charge in [-0.15, -0.1) is 0 Å². The maximum absolute atomic E-state index is 9.42. The fraction of sp³-hybridized carbons (Fsp3) is 0.353. The lowest BCUT2D eigenvalue weighted by Gasteiger charge is -2.22. The first kappa shape index (κ1) is 18.7. The fourth-order valence-corrected chi connectivity index (χ4v) is 2.08. The normalized spacial score (nSPS) is 9.83. The van der Waals surface area contributed by atoms with Crippen molar-refractivity contribution in [2.24, 2.45) is 0 Å². The molecule has 24 heavy (non-hydrogen) atoms. The average molecular weight is 324 g/mol. The quantitative estimate of drug-likeness (QED) is 0.607. The van der Waals surface area contributed by atoms with Crippen molar-refractivity contribution in [3.63, 3.8) is 0 Å². The highest BCUT2D eigenvalue weighted by Gasteiger charge is 2.37. The number of nitrogens with zero attached hydrogens (tertiary/aromatic N) is 3. The zero-order chi connectivity index (χ0) is 18.2. The van der Waals surface area contributed by atoms with Gasteiger partial charge in [-0.2, -0.15) is 15.8 Å². The SMILES string of the molecule is CCOc1cc(C(C#N)(C#N)OC)c(OCC)cc1C(=C=N)C#N. The summed E-state index contributed by atoms with van der Waals surface area (Å²) in [5, 5.41) is 35.3. The van der Waals surface area contributed by atoms with Crippen molar-refractivity contribution in [3.8, 4) is 29.7 Å². The highest BCUT2D eigenvalue weighted by atomic mass is 16.5. The zero-order valence-electron chi connectivity index (χ0n) is 13.6. The zero-order valence-corrected chi connectivity index (χ0v) is 13.6. The largest absolute Gasteiger partial charge is 0.493 e. The number of allylic oxidation sites excluding steroid dienone is 1. The van der Waals surface area contributed by atoms with Crippen molar-refractivity contribution in [2.75, 3.05) is 20.3 Å². The number of rotatable bonds is 7. The molecule has 0 fully saturated rings. The maximum atomic E-state index is 9.42. The molecule has 0 heterocycles. The van der Waals surface area contributed by atoms with Crippen LogP contribution in [0.4, 0.5) is 0 Å². The van der Waals surface area contributed by atoms with Gasteiger partial charge in [-0.25, -0.2) is 0 Å². The van der Waals surface area contributed by atoms with E-state index in [9.17, 15) is 10.5 Å². The van der Waals surface area contributed by atoms with Gasteiger partial charge in [0.15, 0.2) is 0 Å². The molecule has 1 N–H and O–H groups in total. The molecule has 0 radical (unpaired) electrons. The van der Waals surface area contributed by atoms with Crippen molar-refractivity contribution in [3.05, 3.63) is 23.3 Å². The van der Waals surface area contributed by atoms with Crippen LogP contribution in [0, 0.1) is 39.4 Å². The Morgan fingerprint density at radius 1 is 1.08 bits per heavy atom. The molecule has 0 atom stereocenters. The van der Waals surface area contributed by atoms with Gasteiger partial charge in [0.25, 0.3) is 5.60 Å². The molecule has 122 valence electrons. The molecule has 0 bridgehead atoms. The van der Waals surface area contributed by atoms with E-state index in [1.165, 1.54) is 19.2 Å². The lowest BCUT2D eigenvalue weighted by Crippen LogP contribution is -2.25.